The Bertz CT molecular complexity index is 1460. The normalized spacial score (nSPS) is 11.5. The first kappa shape index (κ1) is 24.3. The van der Waals surface area contributed by atoms with Crippen molar-refractivity contribution in [2.24, 2.45) is 0 Å². The van der Waals surface area contributed by atoms with Gasteiger partial charge in [-0.25, -0.2) is 4.79 Å². The van der Waals surface area contributed by atoms with E-state index in [1.807, 2.05) is 31.2 Å². The van der Waals surface area contributed by atoms with Gasteiger partial charge in [-0.2, -0.15) is 0 Å². The minimum atomic E-state index is -0.886. The number of hydrogen-bond donors (Lipinski definition) is 1. The number of rotatable bonds is 8. The fourth-order valence-electron chi connectivity index (χ4n) is 3.62. The zero-order valence-corrected chi connectivity index (χ0v) is 19.7. The maximum atomic E-state index is 13.2. The van der Waals surface area contributed by atoms with Crippen molar-refractivity contribution in [1.82, 2.24) is 10.2 Å². The number of benzene rings is 3. The Balaban J connectivity index is 1.57. The molecule has 182 valence electrons. The Labute approximate surface area is 206 Å². The number of ether oxygens (including phenoxy) is 1. The molecule has 1 aromatic heterocycles. The Kier molecular flexibility index (Phi) is 6.86. The lowest BCUT2D eigenvalue weighted by Crippen LogP contribution is -2.15. The molecule has 4 aromatic rings. The number of anilines is 1. The number of hydrogen-bond acceptors (Lipinski definition) is 9. The second-order valence-electron chi connectivity index (χ2n) is 7.98. The molecule has 0 aliphatic heterocycles. The van der Waals surface area contributed by atoms with Gasteiger partial charge in [-0.05, 0) is 44.2 Å². The third kappa shape index (κ3) is 4.97. The summed E-state index contributed by atoms with van der Waals surface area (Å²) in [4.78, 5) is 37.0. The van der Waals surface area contributed by atoms with Crippen LogP contribution < -0.4 is 5.32 Å². The van der Waals surface area contributed by atoms with Gasteiger partial charge in [-0.1, -0.05) is 35.9 Å². The van der Waals surface area contributed by atoms with Gasteiger partial charge in [0.25, 0.3) is 11.6 Å². The first-order valence-corrected chi connectivity index (χ1v) is 11.0. The summed E-state index contributed by atoms with van der Waals surface area (Å²) in [5.41, 5.74) is 1.90. The average Bonchev–Trinajstić information content (AvgIpc) is 3.38. The van der Waals surface area contributed by atoms with Crippen LogP contribution in [0.5, 0.6) is 0 Å². The van der Waals surface area contributed by atoms with E-state index in [0.717, 1.165) is 11.1 Å². The monoisotopic (exact) mass is 486 g/mol. The van der Waals surface area contributed by atoms with Gasteiger partial charge in [-0.15, -0.1) is 10.2 Å². The van der Waals surface area contributed by atoms with E-state index in [1.54, 1.807) is 26.1 Å². The van der Waals surface area contributed by atoms with Gasteiger partial charge >= 0.3 is 5.97 Å². The van der Waals surface area contributed by atoms with Gasteiger partial charge < -0.3 is 14.5 Å². The van der Waals surface area contributed by atoms with E-state index < -0.39 is 22.8 Å². The van der Waals surface area contributed by atoms with Crippen molar-refractivity contribution in [1.29, 1.82) is 0 Å². The number of esters is 1. The maximum absolute atomic E-state index is 13.2. The smallest absolute Gasteiger partial charge is 0.339 e. The molecule has 36 heavy (non-hydrogen) atoms. The van der Waals surface area contributed by atoms with Gasteiger partial charge in [0.05, 0.1) is 10.5 Å². The lowest BCUT2D eigenvalue weighted by molar-refractivity contribution is -0.384. The molecular weight excluding hydrogens is 464 g/mol. The highest BCUT2D eigenvalue weighted by atomic mass is 16.6. The molecular formula is C26H22N4O6. The molecule has 10 heteroatoms. The third-order valence-electron chi connectivity index (χ3n) is 5.45. The van der Waals surface area contributed by atoms with Crippen LogP contribution in [0.25, 0.3) is 11.5 Å². The first-order chi connectivity index (χ1) is 17.3. The minimum Gasteiger partial charge on any atom is -0.449 e. The number of aromatic nitrogens is 2. The van der Waals surface area contributed by atoms with Crippen molar-refractivity contribution < 1.29 is 23.7 Å². The highest BCUT2D eigenvalue weighted by molar-refractivity contribution is 6.14. The average molecular weight is 486 g/mol. The number of nitrogens with zero attached hydrogens (tertiary/aromatic N) is 3. The van der Waals surface area contributed by atoms with Crippen LogP contribution in [0.1, 0.15) is 50.8 Å². The van der Waals surface area contributed by atoms with Crippen molar-refractivity contribution in [3.63, 3.8) is 0 Å². The Morgan fingerprint density at radius 3 is 2.47 bits per heavy atom. The van der Waals surface area contributed by atoms with Crippen molar-refractivity contribution >= 4 is 23.1 Å². The highest BCUT2D eigenvalue weighted by Gasteiger charge is 2.25. The molecule has 1 heterocycles. The quantitative estimate of drug-likeness (QED) is 0.155. The third-order valence-corrected chi connectivity index (χ3v) is 5.45. The summed E-state index contributed by atoms with van der Waals surface area (Å²) in [5, 5.41) is 22.1. The summed E-state index contributed by atoms with van der Waals surface area (Å²) in [6.07, 6.45) is -0.886. The number of aryl methyl sites for hydroxylation is 1. The number of carbonyl (C=O) groups excluding carboxylic acids is 2. The van der Waals surface area contributed by atoms with Crippen LogP contribution in [-0.2, 0) is 4.74 Å². The largest absolute Gasteiger partial charge is 0.449 e. The van der Waals surface area contributed by atoms with Crippen molar-refractivity contribution in [2.45, 2.75) is 20.0 Å². The molecule has 0 fully saturated rings. The maximum Gasteiger partial charge on any atom is 0.339 e. The molecule has 0 spiro atoms. The highest BCUT2D eigenvalue weighted by Crippen LogP contribution is 2.28. The van der Waals surface area contributed by atoms with E-state index >= 15 is 0 Å². The van der Waals surface area contributed by atoms with Crippen LogP contribution in [0.4, 0.5) is 11.4 Å². The zero-order chi connectivity index (χ0) is 25.8. The predicted molar refractivity (Wildman–Crippen MR) is 131 cm³/mol. The number of nitro groups is 1. The van der Waals surface area contributed by atoms with E-state index in [9.17, 15) is 19.7 Å². The summed E-state index contributed by atoms with van der Waals surface area (Å²) in [5.74, 6) is -0.940. The number of carbonyl (C=O) groups is 2. The van der Waals surface area contributed by atoms with E-state index in [1.165, 1.54) is 30.3 Å². The molecule has 0 radical (unpaired) electrons. The summed E-state index contributed by atoms with van der Waals surface area (Å²) >= 11 is 0. The molecule has 1 N–H and O–H groups in total. The van der Waals surface area contributed by atoms with Gasteiger partial charge in [0.15, 0.2) is 11.9 Å². The Hall–Kier alpha value is -4.86. The molecule has 0 amide bonds. The summed E-state index contributed by atoms with van der Waals surface area (Å²) < 4.78 is 11.2. The zero-order valence-electron chi connectivity index (χ0n) is 19.7. The SMILES string of the molecule is CNc1ccc(C(=O)c2ccccc2C(=O)OC(C)c2nnc(-c3cccc(C)c3)o2)cc1[N+](=O)[O-]. The van der Waals surface area contributed by atoms with Gasteiger partial charge in [0.2, 0.25) is 5.89 Å². The summed E-state index contributed by atoms with van der Waals surface area (Å²) in [6, 6.07) is 17.7. The number of ketones is 1. The molecule has 4 rings (SSSR count). The van der Waals surface area contributed by atoms with Crippen LogP contribution in [0.15, 0.2) is 71.1 Å². The molecule has 0 saturated heterocycles. The van der Waals surface area contributed by atoms with E-state index in [-0.39, 0.29) is 34.0 Å². The standard InChI is InChI=1S/C26H22N4O6/c1-15-7-6-8-18(13-15)25-29-28-24(36-25)16(2)35-26(32)20-10-5-4-9-19(20)23(31)17-11-12-21(27-3)22(14-17)30(33)34/h4-14,16,27H,1-3H3. The lowest BCUT2D eigenvalue weighted by Gasteiger charge is -2.12. The van der Waals surface area contributed by atoms with Crippen LogP contribution in [-0.4, -0.2) is 33.9 Å². The van der Waals surface area contributed by atoms with Gasteiger partial charge in [0.1, 0.15) is 5.69 Å². The van der Waals surface area contributed by atoms with E-state index in [4.69, 9.17) is 9.15 Å². The molecule has 0 bridgehead atoms. The number of nitrogens with one attached hydrogen (secondary N) is 1. The Morgan fingerprint density at radius 2 is 1.78 bits per heavy atom. The van der Waals surface area contributed by atoms with Crippen LogP contribution in [0.3, 0.4) is 0 Å². The molecule has 3 aromatic carbocycles. The number of nitro benzene ring substituents is 1. The van der Waals surface area contributed by atoms with Crippen LogP contribution in [0.2, 0.25) is 0 Å². The van der Waals surface area contributed by atoms with Gasteiger partial charge in [-0.3, -0.25) is 14.9 Å². The topological polar surface area (TPSA) is 137 Å². The van der Waals surface area contributed by atoms with Crippen molar-refractivity contribution in [3.8, 4) is 11.5 Å². The van der Waals surface area contributed by atoms with Crippen molar-refractivity contribution in [2.75, 3.05) is 12.4 Å². The molecule has 1 unspecified atom stereocenters. The predicted octanol–water partition coefficient (Wildman–Crippen LogP) is 5.14. The summed E-state index contributed by atoms with van der Waals surface area (Å²) in [6.45, 7) is 3.52. The molecule has 0 saturated carbocycles. The molecule has 0 aliphatic rings. The second kappa shape index (κ2) is 10.2. The minimum absolute atomic E-state index is 0.00752. The van der Waals surface area contributed by atoms with Crippen LogP contribution >= 0.6 is 0 Å². The first-order valence-electron chi connectivity index (χ1n) is 11.0. The van der Waals surface area contributed by atoms with E-state index in [2.05, 4.69) is 15.5 Å². The molecule has 10 nitrogen and oxygen atoms in total. The molecule has 1 atom stereocenters. The van der Waals surface area contributed by atoms with Crippen LogP contribution in [0, 0.1) is 17.0 Å². The van der Waals surface area contributed by atoms with E-state index in [0.29, 0.717) is 5.89 Å². The van der Waals surface area contributed by atoms with Crippen molar-refractivity contribution in [3.05, 3.63) is 105 Å². The second-order valence-corrected chi connectivity index (χ2v) is 7.98. The summed E-state index contributed by atoms with van der Waals surface area (Å²) in [7, 11) is 1.55. The fraction of sp³-hybridized carbons (Fsp3) is 0.154. The fourth-order valence-corrected chi connectivity index (χ4v) is 3.62. The van der Waals surface area contributed by atoms with Gasteiger partial charge in [0, 0.05) is 29.8 Å². The Morgan fingerprint density at radius 1 is 1.03 bits per heavy atom. The molecule has 0 aliphatic carbocycles. The lowest BCUT2D eigenvalue weighted by atomic mass is 9.97.